The van der Waals surface area contributed by atoms with Crippen LogP contribution in [0.1, 0.15) is 29.1 Å². The number of hydrogen-bond acceptors (Lipinski definition) is 3. The van der Waals surface area contributed by atoms with Gasteiger partial charge in [0.2, 0.25) is 0 Å². The predicted molar refractivity (Wildman–Crippen MR) is 82.2 cm³/mol. The largest absolute Gasteiger partial charge is 0.489 e. The van der Waals surface area contributed by atoms with E-state index < -0.39 is 0 Å². The summed E-state index contributed by atoms with van der Waals surface area (Å²) in [4.78, 5) is 12.6. The van der Waals surface area contributed by atoms with Crippen molar-refractivity contribution in [1.82, 2.24) is 5.32 Å². The molecule has 112 valence electrons. The Kier molecular flexibility index (Phi) is 5.33. The molecule has 2 aromatic rings. The van der Waals surface area contributed by atoms with E-state index in [1.165, 1.54) is 23.5 Å². The van der Waals surface area contributed by atoms with Gasteiger partial charge in [-0.1, -0.05) is 13.8 Å². The molecule has 1 N–H and O–H groups in total. The first-order chi connectivity index (χ1) is 10.0. The van der Waals surface area contributed by atoms with Gasteiger partial charge in [-0.05, 0) is 41.6 Å². The standard InChI is InChI=1S/C16H18FNO2S/c1-11(2)8-18-16(19)15-7-12(10-21-15)9-20-14-5-3-13(17)4-6-14/h3-7,10-11H,8-9H2,1-2H3,(H,18,19). The molecule has 5 heteroatoms. The van der Waals surface area contributed by atoms with Gasteiger partial charge in [-0.2, -0.15) is 0 Å². The van der Waals surface area contributed by atoms with Crippen LogP contribution in [-0.4, -0.2) is 12.5 Å². The van der Waals surface area contributed by atoms with Gasteiger partial charge in [0.1, 0.15) is 18.2 Å². The monoisotopic (exact) mass is 307 g/mol. The fraction of sp³-hybridized carbons (Fsp3) is 0.312. The second-order valence-electron chi connectivity index (χ2n) is 5.17. The van der Waals surface area contributed by atoms with E-state index in [-0.39, 0.29) is 11.7 Å². The van der Waals surface area contributed by atoms with Crippen molar-refractivity contribution < 1.29 is 13.9 Å². The molecule has 0 fully saturated rings. The molecule has 0 bridgehead atoms. The molecule has 0 radical (unpaired) electrons. The summed E-state index contributed by atoms with van der Waals surface area (Å²) in [6.45, 7) is 5.13. The van der Waals surface area contributed by atoms with Crippen molar-refractivity contribution in [1.29, 1.82) is 0 Å². The molecule has 0 saturated carbocycles. The zero-order valence-corrected chi connectivity index (χ0v) is 12.9. The fourth-order valence-electron chi connectivity index (χ4n) is 1.65. The average Bonchev–Trinajstić information content (AvgIpc) is 2.93. The van der Waals surface area contributed by atoms with E-state index >= 15 is 0 Å². The average molecular weight is 307 g/mol. The van der Waals surface area contributed by atoms with E-state index in [0.717, 1.165) is 5.56 Å². The lowest BCUT2D eigenvalue weighted by Gasteiger charge is -2.05. The van der Waals surface area contributed by atoms with E-state index in [0.29, 0.717) is 29.7 Å². The minimum Gasteiger partial charge on any atom is -0.489 e. The molecular weight excluding hydrogens is 289 g/mol. The second-order valence-corrected chi connectivity index (χ2v) is 6.08. The highest BCUT2D eigenvalue weighted by Gasteiger charge is 2.09. The Morgan fingerprint density at radius 3 is 2.71 bits per heavy atom. The molecule has 2 rings (SSSR count). The lowest BCUT2D eigenvalue weighted by Crippen LogP contribution is -2.26. The number of carbonyl (C=O) groups is 1. The summed E-state index contributed by atoms with van der Waals surface area (Å²) in [6, 6.07) is 7.70. The van der Waals surface area contributed by atoms with E-state index in [2.05, 4.69) is 19.2 Å². The molecule has 1 aromatic carbocycles. The third kappa shape index (κ3) is 4.86. The summed E-state index contributed by atoms with van der Waals surface area (Å²) in [6.07, 6.45) is 0. The zero-order chi connectivity index (χ0) is 15.2. The Hall–Kier alpha value is -1.88. The maximum atomic E-state index is 12.8. The molecule has 0 saturated heterocycles. The van der Waals surface area contributed by atoms with Gasteiger partial charge in [-0.15, -0.1) is 11.3 Å². The lowest BCUT2D eigenvalue weighted by molar-refractivity contribution is 0.0953. The van der Waals surface area contributed by atoms with Crippen LogP contribution in [-0.2, 0) is 6.61 Å². The molecular formula is C16H18FNO2S. The van der Waals surface area contributed by atoms with Crippen molar-refractivity contribution in [3.63, 3.8) is 0 Å². The van der Waals surface area contributed by atoms with Gasteiger partial charge in [-0.25, -0.2) is 4.39 Å². The van der Waals surface area contributed by atoms with Crippen LogP contribution in [0.5, 0.6) is 5.75 Å². The molecule has 1 heterocycles. The molecule has 0 aliphatic heterocycles. The third-order valence-electron chi connectivity index (χ3n) is 2.77. The minimum absolute atomic E-state index is 0.0540. The van der Waals surface area contributed by atoms with Gasteiger partial charge < -0.3 is 10.1 Å². The van der Waals surface area contributed by atoms with Crippen LogP contribution in [0.15, 0.2) is 35.7 Å². The highest BCUT2D eigenvalue weighted by Crippen LogP contribution is 2.18. The van der Waals surface area contributed by atoms with E-state index in [9.17, 15) is 9.18 Å². The molecule has 0 spiro atoms. The van der Waals surface area contributed by atoms with Crippen LogP contribution in [0.3, 0.4) is 0 Å². The number of carbonyl (C=O) groups excluding carboxylic acids is 1. The number of halogens is 1. The van der Waals surface area contributed by atoms with Crippen molar-refractivity contribution >= 4 is 17.2 Å². The van der Waals surface area contributed by atoms with E-state index in [1.54, 1.807) is 12.1 Å². The quantitative estimate of drug-likeness (QED) is 0.880. The first-order valence-corrected chi connectivity index (χ1v) is 7.66. The van der Waals surface area contributed by atoms with Crippen molar-refractivity contribution in [2.45, 2.75) is 20.5 Å². The van der Waals surface area contributed by atoms with Gasteiger partial charge >= 0.3 is 0 Å². The molecule has 1 aromatic heterocycles. The Morgan fingerprint density at radius 2 is 2.05 bits per heavy atom. The van der Waals surface area contributed by atoms with Gasteiger partial charge in [0.15, 0.2) is 0 Å². The van der Waals surface area contributed by atoms with Crippen LogP contribution in [0.25, 0.3) is 0 Å². The second kappa shape index (κ2) is 7.22. The van der Waals surface area contributed by atoms with E-state index in [4.69, 9.17) is 4.74 Å². The summed E-state index contributed by atoms with van der Waals surface area (Å²) in [5, 5.41) is 4.78. The summed E-state index contributed by atoms with van der Waals surface area (Å²) >= 11 is 1.39. The number of benzene rings is 1. The minimum atomic E-state index is -0.290. The number of rotatable bonds is 6. The van der Waals surface area contributed by atoms with Crippen LogP contribution in [0.2, 0.25) is 0 Å². The Balaban J connectivity index is 1.88. The number of hydrogen-bond donors (Lipinski definition) is 1. The molecule has 21 heavy (non-hydrogen) atoms. The first-order valence-electron chi connectivity index (χ1n) is 6.78. The van der Waals surface area contributed by atoms with Crippen molar-refractivity contribution in [3.05, 3.63) is 52.0 Å². The predicted octanol–water partition coefficient (Wildman–Crippen LogP) is 3.85. The van der Waals surface area contributed by atoms with Crippen LogP contribution >= 0.6 is 11.3 Å². The number of amides is 1. The highest BCUT2D eigenvalue weighted by molar-refractivity contribution is 7.12. The van der Waals surface area contributed by atoms with Crippen molar-refractivity contribution in [3.8, 4) is 5.75 Å². The summed E-state index contributed by atoms with van der Waals surface area (Å²) in [7, 11) is 0. The maximum absolute atomic E-state index is 12.8. The molecule has 0 aliphatic carbocycles. The Bertz CT molecular complexity index is 593. The molecule has 0 aliphatic rings. The molecule has 0 atom stereocenters. The lowest BCUT2D eigenvalue weighted by atomic mass is 10.2. The topological polar surface area (TPSA) is 38.3 Å². The Morgan fingerprint density at radius 1 is 1.33 bits per heavy atom. The highest BCUT2D eigenvalue weighted by atomic mass is 32.1. The number of nitrogens with one attached hydrogen (secondary N) is 1. The van der Waals surface area contributed by atoms with Gasteiger partial charge in [0.25, 0.3) is 5.91 Å². The smallest absolute Gasteiger partial charge is 0.261 e. The summed E-state index contributed by atoms with van der Waals surface area (Å²) < 4.78 is 18.3. The van der Waals surface area contributed by atoms with Gasteiger partial charge in [0, 0.05) is 12.1 Å². The number of thiophene rings is 1. The maximum Gasteiger partial charge on any atom is 0.261 e. The van der Waals surface area contributed by atoms with Gasteiger partial charge in [0.05, 0.1) is 4.88 Å². The fourth-order valence-corrected chi connectivity index (χ4v) is 2.46. The molecule has 1 amide bonds. The SMILES string of the molecule is CC(C)CNC(=O)c1cc(COc2ccc(F)cc2)cs1. The number of ether oxygens (including phenoxy) is 1. The van der Waals surface area contributed by atoms with E-state index in [1.807, 2.05) is 11.4 Å². The third-order valence-corrected chi connectivity index (χ3v) is 3.75. The first kappa shape index (κ1) is 15.5. The van der Waals surface area contributed by atoms with Gasteiger partial charge in [-0.3, -0.25) is 4.79 Å². The molecule has 0 unspecified atom stereocenters. The van der Waals surface area contributed by atoms with Crippen molar-refractivity contribution in [2.24, 2.45) is 5.92 Å². The van der Waals surface area contributed by atoms with Crippen molar-refractivity contribution in [2.75, 3.05) is 6.54 Å². The summed E-state index contributed by atoms with van der Waals surface area (Å²) in [5.41, 5.74) is 0.930. The van der Waals surface area contributed by atoms with Crippen LogP contribution in [0.4, 0.5) is 4.39 Å². The Labute approximate surface area is 127 Å². The van der Waals surface area contributed by atoms with Crippen LogP contribution < -0.4 is 10.1 Å². The zero-order valence-electron chi connectivity index (χ0n) is 12.1. The summed E-state index contributed by atoms with van der Waals surface area (Å²) in [5.74, 6) is 0.687. The molecule has 3 nitrogen and oxygen atoms in total. The normalized spacial score (nSPS) is 10.7. The van der Waals surface area contributed by atoms with Crippen LogP contribution in [0, 0.1) is 11.7 Å².